The lowest BCUT2D eigenvalue weighted by Crippen LogP contribution is -2.38. The molecule has 82 valence electrons. The first-order valence-corrected chi connectivity index (χ1v) is 5.11. The smallest absolute Gasteiger partial charge is 0.152 e. The Morgan fingerprint density at radius 1 is 1.57 bits per heavy atom. The fraction of sp³-hybridized carbons (Fsp3) is 0.900. The van der Waals surface area contributed by atoms with Gasteiger partial charge >= 0.3 is 0 Å². The standard InChI is InChI=1S/C10H19NO3/c1-13-5-4-9(11)10(12)8-2-6-14-7-3-8/h8-9H,2-7,11H2,1H3. The second-order valence-electron chi connectivity index (χ2n) is 3.68. The Morgan fingerprint density at radius 2 is 2.21 bits per heavy atom. The number of Topliss-reactive ketones (excluding diaryl/α,β-unsaturated/α-hetero) is 1. The number of carbonyl (C=O) groups is 1. The van der Waals surface area contributed by atoms with E-state index in [2.05, 4.69) is 0 Å². The van der Waals surface area contributed by atoms with Crippen LogP contribution in [0.2, 0.25) is 0 Å². The van der Waals surface area contributed by atoms with Gasteiger partial charge < -0.3 is 15.2 Å². The van der Waals surface area contributed by atoms with Crippen LogP contribution in [0.3, 0.4) is 0 Å². The van der Waals surface area contributed by atoms with Crippen molar-refractivity contribution in [3.63, 3.8) is 0 Å². The van der Waals surface area contributed by atoms with E-state index >= 15 is 0 Å². The van der Waals surface area contributed by atoms with Gasteiger partial charge in [0.15, 0.2) is 5.78 Å². The normalized spacial score (nSPS) is 20.7. The van der Waals surface area contributed by atoms with Crippen LogP contribution >= 0.6 is 0 Å². The van der Waals surface area contributed by atoms with Crippen LogP contribution in [0, 0.1) is 5.92 Å². The van der Waals surface area contributed by atoms with Crippen LogP contribution < -0.4 is 5.73 Å². The molecule has 1 aliphatic rings. The number of carbonyl (C=O) groups excluding carboxylic acids is 1. The number of ketones is 1. The fourth-order valence-electron chi connectivity index (χ4n) is 1.67. The molecule has 1 saturated heterocycles. The highest BCUT2D eigenvalue weighted by molar-refractivity contribution is 5.86. The van der Waals surface area contributed by atoms with E-state index < -0.39 is 0 Å². The molecule has 1 rings (SSSR count). The van der Waals surface area contributed by atoms with Gasteiger partial charge in [-0.25, -0.2) is 0 Å². The molecule has 0 spiro atoms. The van der Waals surface area contributed by atoms with Crippen molar-refractivity contribution in [2.75, 3.05) is 26.9 Å². The zero-order valence-corrected chi connectivity index (χ0v) is 8.70. The molecule has 0 saturated carbocycles. The lowest BCUT2D eigenvalue weighted by atomic mass is 9.90. The number of hydrogen-bond acceptors (Lipinski definition) is 4. The van der Waals surface area contributed by atoms with Crippen molar-refractivity contribution in [3.05, 3.63) is 0 Å². The molecule has 0 aromatic rings. The van der Waals surface area contributed by atoms with Gasteiger partial charge in [-0.1, -0.05) is 0 Å². The van der Waals surface area contributed by atoms with Crippen LogP contribution in [0.25, 0.3) is 0 Å². The SMILES string of the molecule is COCCC(N)C(=O)C1CCOCC1. The van der Waals surface area contributed by atoms with Gasteiger partial charge in [-0.3, -0.25) is 4.79 Å². The van der Waals surface area contributed by atoms with Crippen molar-refractivity contribution in [2.45, 2.75) is 25.3 Å². The number of methoxy groups -OCH3 is 1. The molecule has 1 unspecified atom stereocenters. The van der Waals surface area contributed by atoms with Crippen LogP contribution in [0.5, 0.6) is 0 Å². The summed E-state index contributed by atoms with van der Waals surface area (Å²) in [6.07, 6.45) is 2.26. The second kappa shape index (κ2) is 6.11. The zero-order valence-electron chi connectivity index (χ0n) is 8.70. The van der Waals surface area contributed by atoms with Gasteiger partial charge in [0.2, 0.25) is 0 Å². The van der Waals surface area contributed by atoms with Crippen molar-refractivity contribution >= 4 is 5.78 Å². The van der Waals surface area contributed by atoms with E-state index in [1.807, 2.05) is 0 Å². The molecule has 0 radical (unpaired) electrons. The van der Waals surface area contributed by atoms with Gasteiger partial charge in [-0.2, -0.15) is 0 Å². The molecule has 14 heavy (non-hydrogen) atoms. The summed E-state index contributed by atoms with van der Waals surface area (Å²) >= 11 is 0. The van der Waals surface area contributed by atoms with Crippen LogP contribution in [0.15, 0.2) is 0 Å². The predicted octanol–water partition coefficient (Wildman–Crippen LogP) is 0.346. The molecule has 0 bridgehead atoms. The lowest BCUT2D eigenvalue weighted by molar-refractivity contribution is -0.127. The number of ether oxygens (including phenoxy) is 2. The summed E-state index contributed by atoms with van der Waals surface area (Å²) in [5.41, 5.74) is 5.76. The van der Waals surface area contributed by atoms with Crippen molar-refractivity contribution in [1.29, 1.82) is 0 Å². The van der Waals surface area contributed by atoms with Gasteiger partial charge in [-0.15, -0.1) is 0 Å². The molecular formula is C10H19NO3. The minimum atomic E-state index is -0.363. The maximum absolute atomic E-state index is 11.8. The molecule has 0 amide bonds. The molecule has 0 aliphatic carbocycles. The monoisotopic (exact) mass is 201 g/mol. The topological polar surface area (TPSA) is 61.5 Å². The Kier molecular flexibility index (Phi) is 5.07. The van der Waals surface area contributed by atoms with E-state index in [1.54, 1.807) is 7.11 Å². The number of hydrogen-bond donors (Lipinski definition) is 1. The minimum Gasteiger partial charge on any atom is -0.385 e. The van der Waals surface area contributed by atoms with Gasteiger partial charge in [0.1, 0.15) is 0 Å². The minimum absolute atomic E-state index is 0.107. The first-order chi connectivity index (χ1) is 6.75. The van der Waals surface area contributed by atoms with Gasteiger partial charge in [0, 0.05) is 32.8 Å². The predicted molar refractivity (Wildman–Crippen MR) is 53.0 cm³/mol. The van der Waals surface area contributed by atoms with E-state index in [4.69, 9.17) is 15.2 Å². The quantitative estimate of drug-likeness (QED) is 0.697. The van der Waals surface area contributed by atoms with Gasteiger partial charge in [0.25, 0.3) is 0 Å². The van der Waals surface area contributed by atoms with Crippen LogP contribution in [-0.2, 0) is 14.3 Å². The van der Waals surface area contributed by atoms with Gasteiger partial charge in [0.05, 0.1) is 6.04 Å². The summed E-state index contributed by atoms with van der Waals surface area (Å²) in [7, 11) is 1.62. The summed E-state index contributed by atoms with van der Waals surface area (Å²) in [6.45, 7) is 1.93. The fourth-order valence-corrected chi connectivity index (χ4v) is 1.67. The third kappa shape index (κ3) is 3.36. The molecule has 0 aromatic heterocycles. The lowest BCUT2D eigenvalue weighted by Gasteiger charge is -2.23. The molecule has 1 fully saturated rings. The molecule has 1 atom stereocenters. The molecule has 1 heterocycles. The van der Waals surface area contributed by atoms with Gasteiger partial charge in [-0.05, 0) is 19.3 Å². The highest BCUT2D eigenvalue weighted by Crippen LogP contribution is 2.17. The van der Waals surface area contributed by atoms with Crippen LogP contribution in [-0.4, -0.2) is 38.8 Å². The molecular weight excluding hydrogens is 182 g/mol. The molecule has 0 aromatic carbocycles. The number of rotatable bonds is 5. The Bertz CT molecular complexity index is 178. The van der Waals surface area contributed by atoms with Crippen molar-refractivity contribution in [3.8, 4) is 0 Å². The Labute approximate surface area is 84.7 Å². The first-order valence-electron chi connectivity index (χ1n) is 5.11. The van der Waals surface area contributed by atoms with Crippen molar-refractivity contribution < 1.29 is 14.3 Å². The van der Waals surface area contributed by atoms with E-state index in [0.29, 0.717) is 26.2 Å². The Morgan fingerprint density at radius 3 is 2.79 bits per heavy atom. The van der Waals surface area contributed by atoms with Crippen molar-refractivity contribution in [2.24, 2.45) is 11.7 Å². The third-order valence-electron chi connectivity index (χ3n) is 2.62. The summed E-state index contributed by atoms with van der Waals surface area (Å²) in [5, 5.41) is 0. The molecule has 2 N–H and O–H groups in total. The molecule has 4 heteroatoms. The Hall–Kier alpha value is -0.450. The van der Waals surface area contributed by atoms with E-state index in [0.717, 1.165) is 12.8 Å². The molecule has 1 aliphatic heterocycles. The summed E-state index contributed by atoms with van der Waals surface area (Å²) in [4.78, 5) is 11.8. The average molecular weight is 201 g/mol. The number of nitrogens with two attached hydrogens (primary N) is 1. The van der Waals surface area contributed by atoms with E-state index in [9.17, 15) is 4.79 Å². The average Bonchev–Trinajstić information content (AvgIpc) is 2.26. The second-order valence-corrected chi connectivity index (χ2v) is 3.68. The summed E-state index contributed by atoms with van der Waals surface area (Å²) in [5.74, 6) is 0.279. The molecule has 4 nitrogen and oxygen atoms in total. The van der Waals surface area contributed by atoms with E-state index in [-0.39, 0.29) is 17.7 Å². The summed E-state index contributed by atoms with van der Waals surface area (Å²) in [6, 6.07) is -0.363. The van der Waals surface area contributed by atoms with Crippen LogP contribution in [0.1, 0.15) is 19.3 Å². The maximum atomic E-state index is 11.8. The third-order valence-corrected chi connectivity index (χ3v) is 2.62. The van der Waals surface area contributed by atoms with Crippen molar-refractivity contribution in [1.82, 2.24) is 0 Å². The first kappa shape index (κ1) is 11.6. The zero-order chi connectivity index (χ0) is 10.4. The maximum Gasteiger partial charge on any atom is 0.152 e. The highest BCUT2D eigenvalue weighted by Gasteiger charge is 2.25. The Balaban J connectivity index is 2.30. The van der Waals surface area contributed by atoms with E-state index in [1.165, 1.54) is 0 Å². The largest absolute Gasteiger partial charge is 0.385 e. The summed E-state index contributed by atoms with van der Waals surface area (Å²) < 4.78 is 10.1. The highest BCUT2D eigenvalue weighted by atomic mass is 16.5. The van der Waals surface area contributed by atoms with Crippen LogP contribution in [0.4, 0.5) is 0 Å².